The fourth-order valence-corrected chi connectivity index (χ4v) is 5.36. The van der Waals surface area contributed by atoms with E-state index in [1.807, 2.05) is 0 Å². The van der Waals surface area contributed by atoms with Crippen LogP contribution in [0, 0.1) is 0 Å². The van der Waals surface area contributed by atoms with Crippen LogP contribution in [-0.4, -0.2) is 42.9 Å². The molecule has 0 fully saturated rings. The lowest BCUT2D eigenvalue weighted by Crippen LogP contribution is -2.43. The molecule has 2 N–H and O–H groups in total. The fraction of sp³-hybridized carbons (Fsp3) is 0.375. The highest BCUT2D eigenvalue weighted by Crippen LogP contribution is 2.40. The number of rotatable bonds is 6. The number of fused-ring (bicyclic) bond motifs is 1. The van der Waals surface area contributed by atoms with Crippen molar-refractivity contribution in [3.63, 3.8) is 0 Å². The minimum Gasteiger partial charge on any atom is -0.486 e. The van der Waals surface area contributed by atoms with Gasteiger partial charge in [-0.25, -0.2) is 18.0 Å². The summed E-state index contributed by atoms with van der Waals surface area (Å²) in [5.41, 5.74) is -1.73. The number of aryl methyl sites for hydroxylation is 1. The Morgan fingerprint density at radius 3 is 2.59 bits per heavy atom. The van der Waals surface area contributed by atoms with Crippen molar-refractivity contribution < 1.29 is 40.4 Å². The molecule has 1 aliphatic rings. The van der Waals surface area contributed by atoms with E-state index in [-0.39, 0.29) is 42.3 Å². The maximum atomic E-state index is 13.7. The Hall–Kier alpha value is -4.01. The second-order valence-electron chi connectivity index (χ2n) is 9.69. The molecule has 0 saturated carbocycles. The summed E-state index contributed by atoms with van der Waals surface area (Å²) in [4.78, 5) is 25.3. The van der Waals surface area contributed by atoms with Gasteiger partial charge in [-0.1, -0.05) is 11.2 Å². The molecule has 0 aliphatic carbocycles. The average Bonchev–Trinajstić information content (AvgIpc) is 3.25. The fourth-order valence-electron chi connectivity index (χ4n) is 3.82. The number of carbonyl (C=O) groups is 1. The second kappa shape index (κ2) is 10.3. The topological polar surface area (TPSA) is 144 Å². The maximum absolute atomic E-state index is 13.7. The number of alkyl halides is 3. The smallest absolute Gasteiger partial charge is 0.438 e. The van der Waals surface area contributed by atoms with E-state index >= 15 is 0 Å². The van der Waals surface area contributed by atoms with Crippen molar-refractivity contribution in [3.8, 4) is 5.75 Å². The van der Waals surface area contributed by atoms with Crippen LogP contribution >= 0.6 is 0 Å². The zero-order chi connectivity index (χ0) is 28.6. The first kappa shape index (κ1) is 28.0. The molecule has 4 rings (SSSR count). The molecule has 2 aromatic carbocycles. The van der Waals surface area contributed by atoms with Gasteiger partial charge in [0.1, 0.15) is 17.5 Å². The molecule has 0 saturated heterocycles. The van der Waals surface area contributed by atoms with E-state index in [4.69, 9.17) is 9.47 Å². The van der Waals surface area contributed by atoms with Gasteiger partial charge in [0.2, 0.25) is 0 Å². The Morgan fingerprint density at radius 2 is 1.95 bits per heavy atom. The predicted molar refractivity (Wildman–Crippen MR) is 132 cm³/mol. The molecule has 0 bridgehead atoms. The highest BCUT2D eigenvalue weighted by Gasteiger charge is 2.37. The van der Waals surface area contributed by atoms with Gasteiger partial charge in [0, 0.05) is 12.1 Å². The van der Waals surface area contributed by atoms with Crippen LogP contribution in [0.15, 0.2) is 56.7 Å². The van der Waals surface area contributed by atoms with E-state index in [9.17, 15) is 31.2 Å². The zero-order valence-corrected chi connectivity index (χ0v) is 21.9. The van der Waals surface area contributed by atoms with E-state index in [0.717, 1.165) is 22.5 Å². The Bertz CT molecular complexity index is 1530. The number of sulfonamides is 1. The Balaban J connectivity index is 1.69. The van der Waals surface area contributed by atoms with Crippen LogP contribution in [0.5, 0.6) is 5.75 Å². The first-order valence-corrected chi connectivity index (χ1v) is 13.1. The van der Waals surface area contributed by atoms with Gasteiger partial charge < -0.3 is 9.47 Å². The third-order valence-electron chi connectivity index (χ3n) is 5.47. The molecule has 1 aromatic heterocycles. The summed E-state index contributed by atoms with van der Waals surface area (Å²) < 4.78 is 84.0. The van der Waals surface area contributed by atoms with Gasteiger partial charge in [0.15, 0.2) is 5.82 Å². The zero-order valence-electron chi connectivity index (χ0n) is 21.0. The number of carbonyl (C=O) groups excluding carboxylic acids is 1. The summed E-state index contributed by atoms with van der Waals surface area (Å²) in [7, 11) is -4.53. The molecule has 39 heavy (non-hydrogen) atoms. The predicted octanol–water partition coefficient (Wildman–Crippen LogP) is 4.32. The number of hydrogen-bond acceptors (Lipinski definition) is 8. The maximum Gasteiger partial charge on any atom is 0.438 e. The summed E-state index contributed by atoms with van der Waals surface area (Å²) in [5, 5.41) is 6.08. The van der Waals surface area contributed by atoms with Crippen molar-refractivity contribution in [2.45, 2.75) is 56.4 Å². The molecule has 1 atom stereocenters. The van der Waals surface area contributed by atoms with Crippen molar-refractivity contribution in [1.29, 1.82) is 0 Å². The minimum absolute atomic E-state index is 0.00654. The first-order chi connectivity index (χ1) is 18.1. The van der Waals surface area contributed by atoms with Gasteiger partial charge in [-0.2, -0.15) is 13.2 Å². The normalized spacial score (nSPS) is 15.8. The molecule has 210 valence electrons. The molecule has 3 aromatic rings. The van der Waals surface area contributed by atoms with Gasteiger partial charge in [-0.15, -0.1) is 0 Å². The molecule has 0 radical (unpaired) electrons. The lowest BCUT2D eigenvalue weighted by atomic mass is 10.1. The number of ether oxygens (including phenoxy) is 2. The molecule has 1 amide bonds. The van der Waals surface area contributed by atoms with Gasteiger partial charge in [-0.05, 0) is 63.6 Å². The third-order valence-corrected chi connectivity index (χ3v) is 7.25. The average molecular weight is 571 g/mol. The van der Waals surface area contributed by atoms with Crippen LogP contribution in [0.1, 0.15) is 38.6 Å². The summed E-state index contributed by atoms with van der Waals surface area (Å²) in [5.74, 6) is -0.414. The Morgan fingerprint density at radius 1 is 1.21 bits per heavy atom. The lowest BCUT2D eigenvalue weighted by molar-refractivity contribution is -0.137. The number of aromatic nitrogens is 2. The highest BCUT2D eigenvalue weighted by molar-refractivity contribution is 7.92. The number of halogens is 3. The minimum atomic E-state index is -4.75. The molecule has 11 nitrogen and oxygen atoms in total. The van der Waals surface area contributed by atoms with Gasteiger partial charge in [0.25, 0.3) is 10.0 Å². The first-order valence-electron chi connectivity index (χ1n) is 11.7. The van der Waals surface area contributed by atoms with Gasteiger partial charge >= 0.3 is 18.0 Å². The number of hydrogen-bond donors (Lipinski definition) is 2. The molecule has 1 unspecified atom stereocenters. The van der Waals surface area contributed by atoms with E-state index in [2.05, 4.69) is 20.0 Å². The number of anilines is 2. The molecular weight excluding hydrogens is 545 g/mol. The van der Waals surface area contributed by atoms with Gasteiger partial charge in [-0.3, -0.25) is 19.1 Å². The number of amides is 1. The van der Waals surface area contributed by atoms with Crippen LogP contribution in [-0.2, 0) is 27.4 Å². The SMILES string of the molecule is CC(C)(C)OC(=O)Nc1ccc2c(c1)N(S(=O)(=O)c1cccc(C(F)(F)F)c1)CC(CCc1noc(=O)[nH]1)O2. The van der Waals surface area contributed by atoms with Crippen LogP contribution in [0.2, 0.25) is 0 Å². The Kier molecular flexibility index (Phi) is 7.38. The number of aromatic amines is 1. The van der Waals surface area contributed by atoms with E-state index < -0.39 is 50.2 Å². The monoisotopic (exact) mass is 570 g/mol. The van der Waals surface area contributed by atoms with E-state index in [1.165, 1.54) is 18.2 Å². The number of benzene rings is 2. The van der Waals surface area contributed by atoms with Crippen molar-refractivity contribution in [2.24, 2.45) is 0 Å². The van der Waals surface area contributed by atoms with Crippen LogP contribution in [0.25, 0.3) is 0 Å². The van der Waals surface area contributed by atoms with Crippen molar-refractivity contribution in [1.82, 2.24) is 10.1 Å². The van der Waals surface area contributed by atoms with E-state index in [0.29, 0.717) is 6.07 Å². The quantitative estimate of drug-likeness (QED) is 0.446. The summed E-state index contributed by atoms with van der Waals surface area (Å²) in [6.07, 6.45) is -5.94. The largest absolute Gasteiger partial charge is 0.486 e. The summed E-state index contributed by atoms with van der Waals surface area (Å²) in [6, 6.07) is 7.64. The number of nitrogens with zero attached hydrogens (tertiary/aromatic N) is 2. The highest BCUT2D eigenvalue weighted by atomic mass is 32.2. The molecule has 2 heterocycles. The molecule has 1 aliphatic heterocycles. The second-order valence-corrected chi connectivity index (χ2v) is 11.6. The number of nitrogens with one attached hydrogen (secondary N) is 2. The lowest BCUT2D eigenvalue weighted by Gasteiger charge is -2.36. The summed E-state index contributed by atoms with van der Waals surface area (Å²) in [6.45, 7) is 4.74. The Labute approximate surface area is 220 Å². The van der Waals surface area contributed by atoms with E-state index in [1.54, 1.807) is 20.8 Å². The standard InChI is InChI=1S/C24H25F3N4O7S/c1-23(2,3)37-21(32)28-15-7-9-19-18(12-15)31(13-16(36-19)8-10-20-29-22(33)38-30-20)39(34,35)17-6-4-5-14(11-17)24(25,26)27/h4-7,9,11-12,16H,8,10,13H2,1-3H3,(H,28,32)(H,29,30,33). The third kappa shape index (κ3) is 6.71. The molecule has 0 spiro atoms. The van der Waals surface area contributed by atoms with Crippen LogP contribution in [0.4, 0.5) is 29.3 Å². The number of H-pyrrole nitrogens is 1. The van der Waals surface area contributed by atoms with Gasteiger partial charge in [0.05, 0.1) is 22.7 Å². The van der Waals surface area contributed by atoms with Crippen LogP contribution in [0.3, 0.4) is 0 Å². The van der Waals surface area contributed by atoms with Crippen molar-refractivity contribution in [3.05, 3.63) is 64.4 Å². The van der Waals surface area contributed by atoms with Crippen LogP contribution < -0.4 is 20.1 Å². The molecule has 15 heteroatoms. The summed E-state index contributed by atoms with van der Waals surface area (Å²) >= 11 is 0. The molecular formula is C24H25F3N4O7S. The van der Waals surface area contributed by atoms with Crippen molar-refractivity contribution >= 4 is 27.5 Å². The van der Waals surface area contributed by atoms with Crippen molar-refractivity contribution in [2.75, 3.05) is 16.2 Å².